The molecule has 0 atom stereocenters. The molecule has 140 valence electrons. The van der Waals surface area contributed by atoms with Gasteiger partial charge in [-0.1, -0.05) is 0 Å². The summed E-state index contributed by atoms with van der Waals surface area (Å²) < 4.78 is 21.8. The van der Waals surface area contributed by atoms with E-state index in [1.54, 1.807) is 26.7 Å². The highest BCUT2D eigenvalue weighted by atomic mass is 16.5. The summed E-state index contributed by atoms with van der Waals surface area (Å²) in [6.07, 6.45) is 3.25. The molecular weight excluding hydrogens is 356 g/mol. The summed E-state index contributed by atoms with van der Waals surface area (Å²) in [6.45, 7) is 0. The molecule has 0 aliphatic rings. The Balaban J connectivity index is 1.60. The van der Waals surface area contributed by atoms with Crippen molar-refractivity contribution < 1.29 is 18.3 Å². The van der Waals surface area contributed by atoms with Gasteiger partial charge < -0.3 is 18.3 Å². The van der Waals surface area contributed by atoms with Crippen LogP contribution in [0.3, 0.4) is 0 Å². The lowest BCUT2D eigenvalue weighted by Crippen LogP contribution is -1.87. The number of rotatable bonds is 6. The van der Waals surface area contributed by atoms with Crippen molar-refractivity contribution in [3.8, 4) is 34.1 Å². The maximum atomic E-state index is 5.46. The van der Waals surface area contributed by atoms with Gasteiger partial charge in [0.15, 0.2) is 0 Å². The zero-order valence-corrected chi connectivity index (χ0v) is 15.5. The molecule has 0 radical (unpaired) electrons. The first-order valence-electron chi connectivity index (χ1n) is 8.64. The van der Waals surface area contributed by atoms with Gasteiger partial charge in [0.25, 0.3) is 0 Å². The zero-order valence-electron chi connectivity index (χ0n) is 15.5. The van der Waals surface area contributed by atoms with Gasteiger partial charge in [0.05, 0.1) is 49.2 Å². The fourth-order valence-corrected chi connectivity index (χ4v) is 2.87. The summed E-state index contributed by atoms with van der Waals surface area (Å²) in [5.74, 6) is 2.80. The van der Waals surface area contributed by atoms with Crippen LogP contribution >= 0.6 is 0 Å². The highest BCUT2D eigenvalue weighted by molar-refractivity contribution is 5.70. The van der Waals surface area contributed by atoms with Crippen molar-refractivity contribution in [1.82, 2.24) is 0 Å². The third-order valence-corrected chi connectivity index (χ3v) is 4.22. The quantitative estimate of drug-likeness (QED) is 0.355. The van der Waals surface area contributed by atoms with Gasteiger partial charge in [0.2, 0.25) is 0 Å². The molecule has 2 heterocycles. The average molecular weight is 374 g/mol. The minimum atomic E-state index is 0.664. The molecule has 4 aromatic rings. The largest absolute Gasteiger partial charge is 0.496 e. The lowest BCUT2D eigenvalue weighted by Gasteiger charge is -2.07. The van der Waals surface area contributed by atoms with Crippen LogP contribution in [0.25, 0.3) is 22.6 Å². The fraction of sp³-hybridized carbons (Fsp3) is 0.0909. The third-order valence-electron chi connectivity index (χ3n) is 4.22. The second kappa shape index (κ2) is 7.84. The number of furan rings is 2. The van der Waals surface area contributed by atoms with Crippen LogP contribution in [-0.2, 0) is 0 Å². The van der Waals surface area contributed by atoms with Gasteiger partial charge in [-0.25, -0.2) is 0 Å². The van der Waals surface area contributed by atoms with Crippen molar-refractivity contribution in [2.45, 2.75) is 0 Å². The molecule has 0 spiro atoms. The number of ether oxygens (including phenoxy) is 2. The summed E-state index contributed by atoms with van der Waals surface area (Å²) in [5.41, 5.74) is 3.05. The van der Waals surface area contributed by atoms with E-state index < -0.39 is 0 Å². The van der Waals surface area contributed by atoms with E-state index in [0.717, 1.165) is 22.6 Å². The van der Waals surface area contributed by atoms with E-state index >= 15 is 0 Å². The normalized spacial score (nSPS) is 11.1. The summed E-state index contributed by atoms with van der Waals surface area (Å²) in [7, 11) is 3.22. The predicted molar refractivity (Wildman–Crippen MR) is 106 cm³/mol. The molecule has 0 amide bonds. The minimum Gasteiger partial charge on any atom is -0.496 e. The maximum absolute atomic E-state index is 5.46. The van der Waals surface area contributed by atoms with Gasteiger partial charge in [-0.15, -0.1) is 0 Å². The molecule has 2 aromatic heterocycles. The Bertz CT molecular complexity index is 996. The molecule has 0 N–H and O–H groups in total. The molecule has 0 fully saturated rings. The van der Waals surface area contributed by atoms with Crippen molar-refractivity contribution in [3.05, 3.63) is 73.2 Å². The number of methoxy groups -OCH3 is 2. The van der Waals surface area contributed by atoms with Crippen LogP contribution < -0.4 is 9.47 Å². The second-order valence-electron chi connectivity index (χ2n) is 5.92. The van der Waals surface area contributed by atoms with Crippen LogP contribution in [-0.4, -0.2) is 14.2 Å². The van der Waals surface area contributed by atoms with Crippen molar-refractivity contribution in [2.75, 3.05) is 14.2 Å². The summed E-state index contributed by atoms with van der Waals surface area (Å²) in [6, 6.07) is 18.6. The Labute approximate surface area is 162 Å². The number of hydrogen-bond acceptors (Lipinski definition) is 6. The van der Waals surface area contributed by atoms with E-state index in [4.69, 9.17) is 18.3 Å². The van der Waals surface area contributed by atoms with Crippen LogP contribution in [0.4, 0.5) is 11.4 Å². The van der Waals surface area contributed by atoms with E-state index in [2.05, 4.69) is 10.2 Å². The molecule has 0 aliphatic carbocycles. The lowest BCUT2D eigenvalue weighted by molar-refractivity contribution is 0.414. The molecular formula is C22H18N2O4. The van der Waals surface area contributed by atoms with Gasteiger partial charge in [-0.2, -0.15) is 10.2 Å². The van der Waals surface area contributed by atoms with Gasteiger partial charge in [-0.3, -0.25) is 0 Å². The zero-order chi connectivity index (χ0) is 19.3. The molecule has 0 bridgehead atoms. The molecule has 28 heavy (non-hydrogen) atoms. The van der Waals surface area contributed by atoms with E-state index in [0.29, 0.717) is 22.9 Å². The lowest BCUT2D eigenvalue weighted by atomic mass is 10.1. The first-order chi connectivity index (χ1) is 13.8. The van der Waals surface area contributed by atoms with E-state index in [1.807, 2.05) is 60.7 Å². The third kappa shape index (κ3) is 3.53. The monoisotopic (exact) mass is 374 g/mol. The van der Waals surface area contributed by atoms with Gasteiger partial charge in [0, 0.05) is 12.1 Å². The average Bonchev–Trinajstić information content (AvgIpc) is 3.46. The minimum absolute atomic E-state index is 0.664. The highest BCUT2D eigenvalue weighted by Crippen LogP contribution is 2.36. The molecule has 0 unspecified atom stereocenters. The first-order valence-corrected chi connectivity index (χ1v) is 8.64. The summed E-state index contributed by atoms with van der Waals surface area (Å²) in [4.78, 5) is 0. The van der Waals surface area contributed by atoms with E-state index in [1.165, 1.54) is 0 Å². The van der Waals surface area contributed by atoms with Gasteiger partial charge in [0.1, 0.15) is 23.0 Å². The van der Waals surface area contributed by atoms with Gasteiger partial charge in [-0.05, 0) is 48.5 Å². The molecule has 6 heteroatoms. The number of hydrogen-bond donors (Lipinski definition) is 0. The SMILES string of the molecule is COc1cc(N=Nc2ccc(-c3ccco3)c(OC)c2)ccc1-c1ccco1. The van der Waals surface area contributed by atoms with Crippen molar-refractivity contribution in [3.63, 3.8) is 0 Å². The standard InChI is InChI=1S/C22H18N2O4/c1-25-21-13-15(7-9-17(21)19-5-3-11-27-19)23-24-16-8-10-18(22(14-16)26-2)20-6-4-12-28-20/h3-14H,1-2H3. The van der Waals surface area contributed by atoms with Crippen molar-refractivity contribution in [1.29, 1.82) is 0 Å². The topological polar surface area (TPSA) is 69.5 Å². The fourth-order valence-electron chi connectivity index (χ4n) is 2.87. The summed E-state index contributed by atoms with van der Waals surface area (Å²) >= 11 is 0. The second-order valence-corrected chi connectivity index (χ2v) is 5.92. The van der Waals surface area contributed by atoms with Crippen LogP contribution in [0, 0.1) is 0 Å². The number of nitrogens with zero attached hydrogens (tertiary/aromatic N) is 2. The van der Waals surface area contributed by atoms with Crippen LogP contribution in [0.15, 0.2) is 92.3 Å². The Hall–Kier alpha value is -3.80. The molecule has 4 rings (SSSR count). The van der Waals surface area contributed by atoms with Crippen molar-refractivity contribution in [2.24, 2.45) is 10.2 Å². The Morgan fingerprint density at radius 3 is 1.46 bits per heavy atom. The van der Waals surface area contributed by atoms with Crippen molar-refractivity contribution >= 4 is 11.4 Å². The Morgan fingerprint density at radius 1 is 0.643 bits per heavy atom. The first kappa shape index (κ1) is 17.6. The molecule has 0 saturated heterocycles. The molecule has 0 aliphatic heterocycles. The summed E-state index contributed by atoms with van der Waals surface area (Å²) in [5, 5.41) is 8.62. The van der Waals surface area contributed by atoms with Crippen LogP contribution in [0.1, 0.15) is 0 Å². The molecule has 6 nitrogen and oxygen atoms in total. The van der Waals surface area contributed by atoms with Crippen LogP contribution in [0.2, 0.25) is 0 Å². The predicted octanol–water partition coefficient (Wildman–Crippen LogP) is 6.64. The number of benzene rings is 2. The molecule has 0 saturated carbocycles. The molecule has 2 aromatic carbocycles. The number of azo groups is 1. The Kier molecular flexibility index (Phi) is 4.93. The van der Waals surface area contributed by atoms with Gasteiger partial charge >= 0.3 is 0 Å². The maximum Gasteiger partial charge on any atom is 0.137 e. The van der Waals surface area contributed by atoms with Crippen LogP contribution in [0.5, 0.6) is 11.5 Å². The highest BCUT2D eigenvalue weighted by Gasteiger charge is 2.11. The van der Waals surface area contributed by atoms with E-state index in [9.17, 15) is 0 Å². The smallest absolute Gasteiger partial charge is 0.137 e. The van der Waals surface area contributed by atoms with E-state index in [-0.39, 0.29) is 0 Å². The Morgan fingerprint density at radius 2 is 1.11 bits per heavy atom.